The van der Waals surface area contributed by atoms with Crippen LogP contribution >= 0.6 is 23.8 Å². The lowest BCUT2D eigenvalue weighted by atomic mass is 10.0. The summed E-state index contributed by atoms with van der Waals surface area (Å²) in [7, 11) is 0. The van der Waals surface area contributed by atoms with Crippen LogP contribution in [0, 0.1) is 0 Å². The maximum atomic E-state index is 12.4. The molecule has 1 aromatic rings. The number of halogens is 1. The maximum absolute atomic E-state index is 12.4. The number of nitrogens with zero attached hydrogens (tertiary/aromatic N) is 2. The average Bonchev–Trinajstić information content (AvgIpc) is 3.33. The normalized spacial score (nSPS) is 21.5. The van der Waals surface area contributed by atoms with Crippen LogP contribution in [-0.2, 0) is 14.3 Å². The van der Waals surface area contributed by atoms with Crippen LogP contribution in [0.5, 0.6) is 0 Å². The van der Waals surface area contributed by atoms with Crippen molar-refractivity contribution in [2.24, 2.45) is 0 Å². The maximum Gasteiger partial charge on any atom is 0.414 e. The zero-order valence-electron chi connectivity index (χ0n) is 16.1. The van der Waals surface area contributed by atoms with E-state index in [0.717, 1.165) is 12.1 Å². The summed E-state index contributed by atoms with van der Waals surface area (Å²) in [6, 6.07) is 7.24. The molecule has 1 aliphatic carbocycles. The van der Waals surface area contributed by atoms with E-state index in [1.165, 1.54) is 4.90 Å². The molecule has 0 saturated carbocycles. The molecule has 7 nitrogen and oxygen atoms in total. The molecule has 1 atom stereocenters. The number of rotatable bonds is 5. The highest BCUT2D eigenvalue weighted by Crippen LogP contribution is 2.27. The Morgan fingerprint density at radius 3 is 2.57 bits per heavy atom. The second kappa shape index (κ2) is 8.57. The molecule has 4 rings (SSSR count). The van der Waals surface area contributed by atoms with Crippen molar-refractivity contribution in [1.29, 1.82) is 0 Å². The summed E-state index contributed by atoms with van der Waals surface area (Å²) in [5.41, 5.74) is 1.87. The van der Waals surface area contributed by atoms with Crippen molar-refractivity contribution < 1.29 is 19.1 Å². The van der Waals surface area contributed by atoms with Crippen molar-refractivity contribution in [3.8, 4) is 0 Å². The van der Waals surface area contributed by atoms with Gasteiger partial charge in [0.25, 0.3) is 5.91 Å². The Kier molecular flexibility index (Phi) is 5.87. The zero-order chi connectivity index (χ0) is 21.3. The number of carbonyl (C=O) groups excluding carboxylic acids is 3. The first-order chi connectivity index (χ1) is 14.4. The third-order valence-electron chi connectivity index (χ3n) is 5.22. The summed E-state index contributed by atoms with van der Waals surface area (Å²) in [6.45, 7) is 1.20. The van der Waals surface area contributed by atoms with Gasteiger partial charge in [-0.1, -0.05) is 29.9 Å². The number of amides is 3. The van der Waals surface area contributed by atoms with Crippen molar-refractivity contribution in [3.63, 3.8) is 0 Å². The first-order valence-electron chi connectivity index (χ1n) is 9.69. The van der Waals surface area contributed by atoms with Crippen molar-refractivity contribution in [2.45, 2.75) is 25.4 Å². The van der Waals surface area contributed by atoms with Crippen LogP contribution < -0.4 is 15.1 Å². The van der Waals surface area contributed by atoms with E-state index in [-0.39, 0.29) is 18.4 Å². The van der Waals surface area contributed by atoms with Gasteiger partial charge in [0.1, 0.15) is 6.10 Å². The molecule has 3 amide bonds. The van der Waals surface area contributed by atoms with Gasteiger partial charge in [-0.05, 0) is 36.8 Å². The summed E-state index contributed by atoms with van der Waals surface area (Å²) in [4.78, 5) is 40.3. The molecular weight excluding hydrogens is 426 g/mol. The molecule has 2 heterocycles. The topological polar surface area (TPSA) is 79.0 Å². The van der Waals surface area contributed by atoms with Gasteiger partial charge in [-0.25, -0.2) is 4.79 Å². The summed E-state index contributed by atoms with van der Waals surface area (Å²) >= 11 is 11.2. The number of ether oxygens (including phenoxy) is 1. The highest BCUT2D eigenvalue weighted by molar-refractivity contribution is 7.81. The lowest BCUT2D eigenvalue weighted by Crippen LogP contribution is -2.36. The number of benzene rings is 1. The second-order valence-corrected chi connectivity index (χ2v) is 8.20. The smallest absolute Gasteiger partial charge is 0.414 e. The molecule has 0 aromatic heterocycles. The average molecular weight is 446 g/mol. The molecule has 2 fully saturated rings. The van der Waals surface area contributed by atoms with E-state index < -0.39 is 12.2 Å². The molecule has 0 bridgehead atoms. The molecule has 0 unspecified atom stereocenters. The van der Waals surface area contributed by atoms with Gasteiger partial charge < -0.3 is 15.0 Å². The van der Waals surface area contributed by atoms with Gasteiger partial charge in [0.2, 0.25) is 5.91 Å². The highest BCUT2D eigenvalue weighted by Gasteiger charge is 2.33. The van der Waals surface area contributed by atoms with Crippen molar-refractivity contribution >= 4 is 58.0 Å². The van der Waals surface area contributed by atoms with Crippen LogP contribution in [0.1, 0.15) is 19.3 Å². The Hall–Kier alpha value is -2.71. The molecule has 9 heteroatoms. The monoisotopic (exact) mass is 445 g/mol. The van der Waals surface area contributed by atoms with Gasteiger partial charge >= 0.3 is 6.09 Å². The Morgan fingerprint density at radius 1 is 1.20 bits per heavy atom. The van der Waals surface area contributed by atoms with Crippen molar-refractivity contribution in [3.05, 3.63) is 47.0 Å². The van der Waals surface area contributed by atoms with E-state index in [2.05, 4.69) is 5.32 Å². The van der Waals surface area contributed by atoms with Crippen LogP contribution in [0.15, 0.2) is 47.0 Å². The number of nitrogens with one attached hydrogen (secondary N) is 1. The Balaban J connectivity index is 1.35. The van der Waals surface area contributed by atoms with E-state index in [1.54, 1.807) is 29.2 Å². The molecule has 1 N–H and O–H groups in total. The summed E-state index contributed by atoms with van der Waals surface area (Å²) in [5, 5.41) is 3.24. The minimum atomic E-state index is -0.481. The zero-order valence-corrected chi connectivity index (χ0v) is 17.7. The van der Waals surface area contributed by atoms with Crippen molar-refractivity contribution in [2.75, 3.05) is 29.4 Å². The largest absolute Gasteiger partial charge is 0.442 e. The number of anilines is 2. The molecule has 3 aliphatic rings. The Bertz CT molecular complexity index is 973. The first-order valence-corrected chi connectivity index (χ1v) is 10.5. The highest BCUT2D eigenvalue weighted by atomic mass is 35.5. The van der Waals surface area contributed by atoms with Crippen LogP contribution in [0.4, 0.5) is 16.2 Å². The standard InChI is InChI=1S/C21H20ClN3O4S/c22-13-3-8-18(30)17(10-13)20(27)23-11-16-12-25(21(28)29-16)15-6-4-14(5-7-15)24-9-1-2-19(24)26/h3-7,10,16H,1-2,8-9,11-12H2,(H,23,27)/t16-/m0/s1. The molecule has 0 radical (unpaired) electrons. The molecule has 0 spiro atoms. The van der Waals surface area contributed by atoms with E-state index in [4.69, 9.17) is 28.6 Å². The van der Waals surface area contributed by atoms with Gasteiger partial charge in [0.05, 0.1) is 18.7 Å². The number of hydrogen-bond acceptors (Lipinski definition) is 5. The van der Waals surface area contributed by atoms with E-state index in [0.29, 0.717) is 47.1 Å². The van der Waals surface area contributed by atoms with Crippen LogP contribution in [0.25, 0.3) is 0 Å². The molecule has 1 aromatic carbocycles. The van der Waals surface area contributed by atoms with Crippen LogP contribution in [0.2, 0.25) is 0 Å². The first kappa shape index (κ1) is 20.6. The third kappa shape index (κ3) is 4.24. The van der Waals surface area contributed by atoms with Gasteiger partial charge in [0, 0.05) is 40.7 Å². The number of cyclic esters (lactones) is 1. The summed E-state index contributed by atoms with van der Waals surface area (Å²) < 4.78 is 5.38. The van der Waals surface area contributed by atoms with E-state index in [9.17, 15) is 14.4 Å². The lowest BCUT2D eigenvalue weighted by molar-refractivity contribution is -0.118. The fourth-order valence-corrected chi connectivity index (χ4v) is 4.06. The van der Waals surface area contributed by atoms with Gasteiger partial charge in [-0.3, -0.25) is 14.5 Å². The molecule has 156 valence electrons. The Labute approximate surface area is 184 Å². The summed E-state index contributed by atoms with van der Waals surface area (Å²) in [5.74, 6) is -0.219. The van der Waals surface area contributed by atoms with Gasteiger partial charge in [-0.15, -0.1) is 0 Å². The predicted octanol–water partition coefficient (Wildman–Crippen LogP) is 3.08. The third-order valence-corrected chi connectivity index (χ3v) is 5.87. The summed E-state index contributed by atoms with van der Waals surface area (Å²) in [6.07, 6.45) is 4.22. The fourth-order valence-electron chi connectivity index (χ4n) is 3.64. The number of hydrogen-bond donors (Lipinski definition) is 1. The molecule has 2 saturated heterocycles. The minimum absolute atomic E-state index is 0.114. The molecular formula is C21H20ClN3O4S. The minimum Gasteiger partial charge on any atom is -0.442 e. The number of carbonyl (C=O) groups is 3. The second-order valence-electron chi connectivity index (χ2n) is 7.27. The Morgan fingerprint density at radius 2 is 1.90 bits per heavy atom. The van der Waals surface area contributed by atoms with Crippen LogP contribution in [0.3, 0.4) is 0 Å². The number of allylic oxidation sites excluding steroid dienone is 3. The van der Waals surface area contributed by atoms with E-state index in [1.807, 2.05) is 12.1 Å². The predicted molar refractivity (Wildman–Crippen MR) is 118 cm³/mol. The van der Waals surface area contributed by atoms with E-state index >= 15 is 0 Å². The van der Waals surface area contributed by atoms with Crippen molar-refractivity contribution in [1.82, 2.24) is 5.32 Å². The number of thiocarbonyl (C=S) groups is 1. The molecule has 30 heavy (non-hydrogen) atoms. The molecule has 2 aliphatic heterocycles. The lowest BCUT2D eigenvalue weighted by Gasteiger charge is -2.18. The SMILES string of the molecule is O=C(NC[C@H]1CN(c2ccc(N3CCCC3=O)cc2)C(=O)O1)C1=CC(Cl)=CCC1=S. The quantitative estimate of drug-likeness (QED) is 0.704. The van der Waals surface area contributed by atoms with Gasteiger partial charge in [0.15, 0.2) is 0 Å². The van der Waals surface area contributed by atoms with Gasteiger partial charge in [-0.2, -0.15) is 0 Å². The van der Waals surface area contributed by atoms with Crippen LogP contribution in [-0.4, -0.2) is 48.5 Å². The fraction of sp³-hybridized carbons (Fsp3) is 0.333.